The molecule has 1 fully saturated rings. The lowest BCUT2D eigenvalue weighted by Gasteiger charge is -2.26. The zero-order valence-electron chi connectivity index (χ0n) is 35.4. The molecule has 5 aromatic rings. The predicted octanol–water partition coefficient (Wildman–Crippen LogP) is 11.0. The maximum atomic E-state index is 14.2. The molecule has 2 atom stereocenters. The summed E-state index contributed by atoms with van der Waals surface area (Å²) < 4.78 is 6.18. The van der Waals surface area contributed by atoms with Gasteiger partial charge in [-0.2, -0.15) is 0 Å². The molecule has 1 aliphatic rings. The predicted molar refractivity (Wildman–Crippen MR) is 248 cm³/mol. The zero-order valence-corrected chi connectivity index (χ0v) is 35.4. The molecule has 6 rings (SSSR count). The summed E-state index contributed by atoms with van der Waals surface area (Å²) in [6.07, 6.45) is 16.4. The maximum Gasteiger partial charge on any atom is 0.295 e. The van der Waals surface area contributed by atoms with Gasteiger partial charge in [0, 0.05) is 18.0 Å². The summed E-state index contributed by atoms with van der Waals surface area (Å²) in [7, 11) is 0. The number of carbonyl (C=O) groups is 3. The van der Waals surface area contributed by atoms with E-state index in [-0.39, 0.29) is 36.2 Å². The number of amides is 2. The number of aromatic hydroxyl groups is 1. The van der Waals surface area contributed by atoms with E-state index >= 15 is 0 Å². The van der Waals surface area contributed by atoms with Crippen molar-refractivity contribution in [2.75, 3.05) is 6.54 Å². The van der Waals surface area contributed by atoms with Crippen LogP contribution in [0.1, 0.15) is 78.6 Å². The topological polar surface area (TPSA) is 95.9 Å². The summed E-state index contributed by atoms with van der Waals surface area (Å²) in [5, 5.41) is 13.0. The van der Waals surface area contributed by atoms with Crippen LogP contribution in [0, 0.1) is 0 Å². The molecule has 0 aromatic heterocycles. The fourth-order valence-electron chi connectivity index (χ4n) is 7.43. The minimum absolute atomic E-state index is 0.0712. The number of hydrogen-bond acceptors (Lipinski definition) is 5. The van der Waals surface area contributed by atoms with E-state index in [9.17, 15) is 19.5 Å². The number of benzene rings is 5. The highest BCUT2D eigenvalue weighted by Gasteiger charge is 2.43. The van der Waals surface area contributed by atoms with E-state index in [0.717, 1.165) is 49.7 Å². The second-order valence-electron chi connectivity index (χ2n) is 15.1. The molecular weight excluding hydrogens is 757 g/mol. The molecule has 1 heterocycles. The van der Waals surface area contributed by atoms with Crippen molar-refractivity contribution in [3.8, 4) is 11.5 Å². The molecular formula is C54H58N2O5. The molecule has 0 saturated carbocycles. The van der Waals surface area contributed by atoms with Gasteiger partial charge in [0.05, 0.1) is 6.54 Å². The molecule has 61 heavy (non-hydrogen) atoms. The molecule has 2 amide bonds. The number of hydrogen-bond donors (Lipinski definition) is 2. The van der Waals surface area contributed by atoms with Gasteiger partial charge in [0.15, 0.2) is 0 Å². The number of likely N-dealkylation sites (tertiary alicyclic amines) is 1. The molecule has 1 saturated heterocycles. The minimum atomic E-state index is -0.889. The third-order valence-corrected chi connectivity index (χ3v) is 10.5. The number of Topliss-reactive ketones (excluding diaryl/α,β-unsaturated/α-hetero) is 1. The van der Waals surface area contributed by atoms with E-state index in [4.69, 9.17) is 4.74 Å². The number of rotatable bonds is 18. The Hall–Kier alpha value is -6.73. The number of ether oxygens (including phenoxy) is 1. The number of phenols is 1. The number of nitrogens with zero attached hydrogens (tertiary/aromatic N) is 1. The molecule has 0 spiro atoms. The standard InChI is InChI=1S/C45H48N2O5.C9H10/c1-3-13-35(14-4-2)36-23-25-37(26-24-36)43(49)45(51)47-32-41(52-40-29-27-39(48)28-30-40)31-42(47)44(50)46-38(21-11-19-33-15-7-5-8-16-33)22-12-20-34-17-9-6-10-18-34;1-2-6-9-7-4-3-5-8-9/h3-10,13-18,23-30,38,41-42,48H,1,11-12,19-22,31-32H2,2H3,(H,46,50);2-8H,1H3/b14-4-,35-13+;6-2+/t41-,42?;/m1./s1. The fourth-order valence-corrected chi connectivity index (χ4v) is 7.43. The first kappa shape index (κ1) is 45.4. The summed E-state index contributed by atoms with van der Waals surface area (Å²) >= 11 is 0. The highest BCUT2D eigenvalue weighted by Crippen LogP contribution is 2.27. The Morgan fingerprint density at radius 2 is 1.31 bits per heavy atom. The molecule has 0 radical (unpaired) electrons. The Labute approximate surface area is 361 Å². The van der Waals surface area contributed by atoms with Crippen LogP contribution in [0.3, 0.4) is 0 Å². The molecule has 0 bridgehead atoms. The monoisotopic (exact) mass is 814 g/mol. The van der Waals surface area contributed by atoms with Gasteiger partial charge in [-0.05, 0) is 104 Å². The molecule has 0 aliphatic carbocycles. The second kappa shape index (κ2) is 24.4. The van der Waals surface area contributed by atoms with Crippen LogP contribution in [-0.2, 0) is 22.4 Å². The molecule has 5 aromatic carbocycles. The third-order valence-electron chi connectivity index (χ3n) is 10.5. The van der Waals surface area contributed by atoms with Gasteiger partial charge in [-0.15, -0.1) is 0 Å². The van der Waals surface area contributed by atoms with E-state index < -0.39 is 23.8 Å². The van der Waals surface area contributed by atoms with E-state index in [1.807, 2.05) is 92.7 Å². The van der Waals surface area contributed by atoms with Crippen molar-refractivity contribution in [3.05, 3.63) is 204 Å². The van der Waals surface area contributed by atoms with Crippen molar-refractivity contribution in [1.82, 2.24) is 10.2 Å². The first-order valence-electron chi connectivity index (χ1n) is 21.2. The number of ketones is 1. The molecule has 1 aliphatic heterocycles. The Bertz CT molecular complexity index is 2170. The Morgan fingerprint density at radius 1 is 0.754 bits per heavy atom. The fraction of sp³-hybridized carbons (Fsp3) is 0.241. The van der Waals surface area contributed by atoms with Gasteiger partial charge in [0.2, 0.25) is 11.7 Å². The van der Waals surface area contributed by atoms with Gasteiger partial charge in [0.1, 0.15) is 23.6 Å². The average Bonchev–Trinajstić information content (AvgIpc) is 3.72. The normalized spacial score (nSPS) is 15.1. The smallest absolute Gasteiger partial charge is 0.295 e. The summed E-state index contributed by atoms with van der Waals surface area (Å²) in [6, 6.07) is 43.1. The lowest BCUT2D eigenvalue weighted by molar-refractivity contribution is -0.135. The molecule has 314 valence electrons. The maximum absolute atomic E-state index is 14.2. The van der Waals surface area contributed by atoms with Crippen LogP contribution in [0.4, 0.5) is 0 Å². The summed E-state index contributed by atoms with van der Waals surface area (Å²) in [4.78, 5) is 43.1. The van der Waals surface area contributed by atoms with Crippen molar-refractivity contribution < 1.29 is 24.2 Å². The van der Waals surface area contributed by atoms with Crippen LogP contribution < -0.4 is 10.1 Å². The second-order valence-corrected chi connectivity index (χ2v) is 15.1. The van der Waals surface area contributed by atoms with Crippen molar-refractivity contribution >= 4 is 29.2 Å². The number of nitrogens with one attached hydrogen (secondary N) is 1. The molecule has 7 nitrogen and oxygen atoms in total. The van der Waals surface area contributed by atoms with Gasteiger partial charge in [0.25, 0.3) is 5.91 Å². The van der Waals surface area contributed by atoms with Crippen LogP contribution in [-0.4, -0.2) is 52.3 Å². The first-order chi connectivity index (χ1) is 29.8. The first-order valence-corrected chi connectivity index (χ1v) is 21.2. The van der Waals surface area contributed by atoms with Crippen LogP contribution in [0.15, 0.2) is 176 Å². The number of aryl methyl sites for hydroxylation is 2. The SMILES string of the molecule is C/C=C/c1ccccc1.C=C/C=C(\C=C/C)c1ccc(C(=O)C(=O)N2C[C@H](Oc3ccc(O)cc3)CC2C(=O)NC(CCCc2ccccc2)CCCc2ccccc2)cc1. The number of carbonyl (C=O) groups excluding carboxylic acids is 3. The van der Waals surface area contributed by atoms with Crippen LogP contribution in [0.2, 0.25) is 0 Å². The number of allylic oxidation sites excluding steroid dienone is 6. The Kier molecular flexibility index (Phi) is 18.1. The summed E-state index contributed by atoms with van der Waals surface area (Å²) in [5.74, 6) is -1.11. The highest BCUT2D eigenvalue weighted by atomic mass is 16.5. The summed E-state index contributed by atoms with van der Waals surface area (Å²) in [5.41, 5.74) is 5.82. The van der Waals surface area contributed by atoms with Crippen molar-refractivity contribution in [3.63, 3.8) is 0 Å². The Balaban J connectivity index is 0.000000693. The van der Waals surface area contributed by atoms with E-state index in [0.29, 0.717) is 5.75 Å². The van der Waals surface area contributed by atoms with E-state index in [2.05, 4.69) is 54.4 Å². The minimum Gasteiger partial charge on any atom is -0.508 e. The van der Waals surface area contributed by atoms with Gasteiger partial charge >= 0.3 is 0 Å². The van der Waals surface area contributed by atoms with Crippen molar-refractivity contribution in [1.29, 1.82) is 0 Å². The zero-order chi connectivity index (χ0) is 43.2. The Morgan fingerprint density at radius 3 is 1.85 bits per heavy atom. The molecule has 2 N–H and O–H groups in total. The highest BCUT2D eigenvalue weighted by molar-refractivity contribution is 6.43. The van der Waals surface area contributed by atoms with Gasteiger partial charge in [-0.3, -0.25) is 14.4 Å². The van der Waals surface area contributed by atoms with Gasteiger partial charge < -0.3 is 20.1 Å². The van der Waals surface area contributed by atoms with Crippen LogP contribution in [0.25, 0.3) is 11.6 Å². The number of phenolic OH excluding ortho intramolecular Hbond substituents is 1. The van der Waals surface area contributed by atoms with E-state index in [1.165, 1.54) is 33.7 Å². The quantitative estimate of drug-likeness (QED) is 0.0522. The van der Waals surface area contributed by atoms with Gasteiger partial charge in [-0.1, -0.05) is 158 Å². The summed E-state index contributed by atoms with van der Waals surface area (Å²) in [6.45, 7) is 7.80. The van der Waals surface area contributed by atoms with Crippen LogP contribution >= 0.6 is 0 Å². The molecule has 7 heteroatoms. The van der Waals surface area contributed by atoms with E-state index in [1.54, 1.807) is 42.5 Å². The lowest BCUT2D eigenvalue weighted by atomic mass is 9.98. The lowest BCUT2D eigenvalue weighted by Crippen LogP contribution is -2.50. The van der Waals surface area contributed by atoms with Crippen molar-refractivity contribution in [2.24, 2.45) is 0 Å². The molecule has 1 unspecified atom stereocenters. The third kappa shape index (κ3) is 14.5. The van der Waals surface area contributed by atoms with Gasteiger partial charge in [-0.25, -0.2) is 0 Å². The largest absolute Gasteiger partial charge is 0.508 e. The van der Waals surface area contributed by atoms with Crippen molar-refractivity contribution in [2.45, 2.75) is 77.0 Å². The van der Waals surface area contributed by atoms with Crippen LogP contribution in [0.5, 0.6) is 11.5 Å². The average molecular weight is 815 g/mol.